The van der Waals surface area contributed by atoms with Crippen molar-refractivity contribution in [1.29, 1.82) is 0 Å². The first-order chi connectivity index (χ1) is 10.5. The lowest BCUT2D eigenvalue weighted by Gasteiger charge is -2.48. The van der Waals surface area contributed by atoms with E-state index in [2.05, 4.69) is 6.92 Å². The van der Waals surface area contributed by atoms with Gasteiger partial charge < -0.3 is 9.84 Å². The topological polar surface area (TPSA) is 46.5 Å². The number of phenolic OH excluding ortho intramolecular Hbond substituents is 1. The van der Waals surface area contributed by atoms with Crippen LogP contribution in [-0.2, 0) is 11.2 Å². The van der Waals surface area contributed by atoms with Crippen LogP contribution in [0.5, 0.6) is 11.5 Å². The standard InChI is InChI=1S/C19H24O3/c1-19-8-7-12-13(15(19)5-6-18(19)21)4-3-11-9-16(20)17(22-2)10-14(11)12/h9-10,12-13,15,20H,3-8H2,1-2H3/t12-,13+,15-,19-/m1/s1. The minimum atomic E-state index is -0.0698. The van der Waals surface area contributed by atoms with Gasteiger partial charge in [-0.25, -0.2) is 0 Å². The number of phenols is 1. The number of hydrogen-bond acceptors (Lipinski definition) is 3. The summed E-state index contributed by atoms with van der Waals surface area (Å²) < 4.78 is 5.31. The largest absolute Gasteiger partial charge is 0.504 e. The van der Waals surface area contributed by atoms with Crippen LogP contribution in [0.2, 0.25) is 0 Å². The number of aromatic hydroxyl groups is 1. The lowest BCUT2D eigenvalue weighted by atomic mass is 9.55. The van der Waals surface area contributed by atoms with Gasteiger partial charge in [0.15, 0.2) is 11.5 Å². The van der Waals surface area contributed by atoms with Gasteiger partial charge in [-0.3, -0.25) is 4.79 Å². The number of Topliss-reactive ketones (excluding diaryl/α,β-unsaturated/α-hetero) is 1. The molecule has 22 heavy (non-hydrogen) atoms. The van der Waals surface area contributed by atoms with E-state index < -0.39 is 0 Å². The number of ether oxygens (including phenoxy) is 1. The summed E-state index contributed by atoms with van der Waals surface area (Å²) in [6.07, 6.45) is 6.10. The highest BCUT2D eigenvalue weighted by atomic mass is 16.5. The molecule has 118 valence electrons. The Morgan fingerprint density at radius 3 is 2.82 bits per heavy atom. The number of hydrogen-bond donors (Lipinski definition) is 1. The van der Waals surface area contributed by atoms with Crippen LogP contribution in [0.15, 0.2) is 12.1 Å². The molecule has 0 spiro atoms. The Labute approximate surface area is 131 Å². The fourth-order valence-electron chi connectivity index (χ4n) is 5.52. The maximum absolute atomic E-state index is 12.3. The SMILES string of the molecule is COc1cc2c(cc1O)CC[C@@H]1[C@H]3CCC(=O)[C@]3(C)CC[C@@H]21. The summed E-state index contributed by atoms with van der Waals surface area (Å²) in [6.45, 7) is 2.20. The summed E-state index contributed by atoms with van der Waals surface area (Å²) in [5.41, 5.74) is 2.56. The molecule has 1 aromatic rings. The number of carbonyl (C=O) groups is 1. The van der Waals surface area contributed by atoms with E-state index >= 15 is 0 Å². The van der Waals surface area contributed by atoms with Crippen LogP contribution in [0.3, 0.4) is 0 Å². The van der Waals surface area contributed by atoms with Crippen LogP contribution in [-0.4, -0.2) is 18.0 Å². The number of aryl methyl sites for hydroxylation is 1. The van der Waals surface area contributed by atoms with Gasteiger partial charge in [-0.2, -0.15) is 0 Å². The summed E-state index contributed by atoms with van der Waals surface area (Å²) in [5.74, 6) is 3.01. The minimum absolute atomic E-state index is 0.0698. The number of carbonyl (C=O) groups excluding carboxylic acids is 1. The van der Waals surface area contributed by atoms with E-state index in [-0.39, 0.29) is 11.2 Å². The molecule has 3 nitrogen and oxygen atoms in total. The summed E-state index contributed by atoms with van der Waals surface area (Å²) in [7, 11) is 1.61. The Kier molecular flexibility index (Phi) is 3.04. The first-order valence-electron chi connectivity index (χ1n) is 8.47. The number of fused-ring (bicyclic) bond motifs is 5. The third-order valence-electron chi connectivity index (χ3n) is 6.73. The molecule has 1 N–H and O–H groups in total. The van der Waals surface area contributed by atoms with Crippen molar-refractivity contribution in [3.63, 3.8) is 0 Å². The zero-order valence-corrected chi connectivity index (χ0v) is 13.4. The lowest BCUT2D eigenvalue weighted by Crippen LogP contribution is -2.42. The average Bonchev–Trinajstić information content (AvgIpc) is 2.82. The van der Waals surface area contributed by atoms with Crippen LogP contribution in [0.25, 0.3) is 0 Å². The molecular formula is C19H24O3. The molecule has 4 atom stereocenters. The van der Waals surface area contributed by atoms with Gasteiger partial charge in [0.25, 0.3) is 0 Å². The van der Waals surface area contributed by atoms with Crippen LogP contribution in [0.1, 0.15) is 56.1 Å². The molecule has 0 radical (unpaired) electrons. The van der Waals surface area contributed by atoms with E-state index in [0.29, 0.717) is 29.3 Å². The molecule has 0 unspecified atom stereocenters. The number of methoxy groups -OCH3 is 1. The normalized spacial score (nSPS) is 36.5. The molecule has 3 heteroatoms. The van der Waals surface area contributed by atoms with Gasteiger partial charge >= 0.3 is 0 Å². The highest BCUT2D eigenvalue weighted by Crippen LogP contribution is 2.60. The minimum Gasteiger partial charge on any atom is -0.504 e. The van der Waals surface area contributed by atoms with E-state index in [1.807, 2.05) is 12.1 Å². The molecule has 3 aliphatic carbocycles. The number of ketones is 1. The Morgan fingerprint density at radius 1 is 1.23 bits per heavy atom. The molecule has 0 heterocycles. The Hall–Kier alpha value is -1.51. The van der Waals surface area contributed by atoms with Crippen molar-refractivity contribution in [3.8, 4) is 11.5 Å². The molecule has 0 bridgehead atoms. The van der Waals surface area contributed by atoms with Crippen molar-refractivity contribution in [2.45, 2.75) is 51.4 Å². The summed E-state index contributed by atoms with van der Waals surface area (Å²) >= 11 is 0. The molecule has 0 aromatic heterocycles. The molecule has 4 rings (SSSR count). The first-order valence-corrected chi connectivity index (χ1v) is 8.47. The van der Waals surface area contributed by atoms with Crippen LogP contribution >= 0.6 is 0 Å². The molecule has 2 fully saturated rings. The summed E-state index contributed by atoms with van der Waals surface area (Å²) in [6, 6.07) is 3.93. The van der Waals surface area contributed by atoms with Gasteiger partial charge in [-0.1, -0.05) is 6.92 Å². The van der Waals surface area contributed by atoms with Crippen molar-refractivity contribution in [3.05, 3.63) is 23.3 Å². The molecule has 3 aliphatic rings. The van der Waals surface area contributed by atoms with Crippen molar-refractivity contribution in [2.75, 3.05) is 7.11 Å². The van der Waals surface area contributed by atoms with Crippen molar-refractivity contribution in [2.24, 2.45) is 17.3 Å². The van der Waals surface area contributed by atoms with E-state index in [1.54, 1.807) is 7.11 Å². The molecule has 0 saturated heterocycles. The Balaban J connectivity index is 1.74. The quantitative estimate of drug-likeness (QED) is 0.857. The van der Waals surface area contributed by atoms with Crippen molar-refractivity contribution < 1.29 is 14.6 Å². The third kappa shape index (κ3) is 1.77. The maximum atomic E-state index is 12.3. The van der Waals surface area contributed by atoms with E-state index in [9.17, 15) is 9.90 Å². The lowest BCUT2D eigenvalue weighted by molar-refractivity contribution is -0.129. The molecule has 2 saturated carbocycles. The van der Waals surface area contributed by atoms with E-state index in [0.717, 1.165) is 38.5 Å². The second kappa shape index (κ2) is 4.74. The molecule has 1 aromatic carbocycles. The molecule has 0 aliphatic heterocycles. The van der Waals surface area contributed by atoms with Crippen molar-refractivity contribution in [1.82, 2.24) is 0 Å². The predicted molar refractivity (Wildman–Crippen MR) is 84.3 cm³/mol. The Bertz CT molecular complexity index is 636. The highest BCUT2D eigenvalue weighted by Gasteiger charge is 2.54. The predicted octanol–water partition coefficient (Wildman–Crippen LogP) is 3.83. The Morgan fingerprint density at radius 2 is 2.05 bits per heavy atom. The zero-order chi connectivity index (χ0) is 15.5. The fraction of sp³-hybridized carbons (Fsp3) is 0.632. The number of rotatable bonds is 1. The van der Waals surface area contributed by atoms with Crippen LogP contribution < -0.4 is 4.74 Å². The van der Waals surface area contributed by atoms with Gasteiger partial charge in [-0.15, -0.1) is 0 Å². The van der Waals surface area contributed by atoms with Crippen molar-refractivity contribution >= 4 is 5.78 Å². The van der Waals surface area contributed by atoms with Gasteiger partial charge in [0, 0.05) is 11.8 Å². The van der Waals surface area contributed by atoms with Gasteiger partial charge in [0.2, 0.25) is 0 Å². The number of benzene rings is 1. The molecule has 0 amide bonds. The van der Waals surface area contributed by atoms with E-state index in [4.69, 9.17) is 4.74 Å². The fourth-order valence-corrected chi connectivity index (χ4v) is 5.52. The first kappa shape index (κ1) is 14.1. The summed E-state index contributed by atoms with van der Waals surface area (Å²) in [5, 5.41) is 10.0. The zero-order valence-electron chi connectivity index (χ0n) is 13.4. The van der Waals surface area contributed by atoms with Gasteiger partial charge in [0.1, 0.15) is 5.78 Å². The van der Waals surface area contributed by atoms with Crippen LogP contribution in [0, 0.1) is 17.3 Å². The second-order valence-electron chi connectivity index (χ2n) is 7.56. The summed E-state index contributed by atoms with van der Waals surface area (Å²) in [4.78, 5) is 12.3. The smallest absolute Gasteiger partial charge is 0.160 e. The van der Waals surface area contributed by atoms with Gasteiger partial charge in [-0.05, 0) is 73.1 Å². The second-order valence-corrected chi connectivity index (χ2v) is 7.56. The third-order valence-corrected chi connectivity index (χ3v) is 6.73. The van der Waals surface area contributed by atoms with E-state index in [1.165, 1.54) is 11.1 Å². The monoisotopic (exact) mass is 300 g/mol. The van der Waals surface area contributed by atoms with Crippen LogP contribution in [0.4, 0.5) is 0 Å². The average molecular weight is 300 g/mol. The molecular weight excluding hydrogens is 276 g/mol. The van der Waals surface area contributed by atoms with Gasteiger partial charge in [0.05, 0.1) is 7.11 Å². The maximum Gasteiger partial charge on any atom is 0.160 e. The highest BCUT2D eigenvalue weighted by molar-refractivity contribution is 5.87.